The Balaban J connectivity index is 1.27. The number of hydrogen-bond acceptors (Lipinski definition) is 8. The normalized spacial score (nSPS) is 14.6. The third kappa shape index (κ3) is 5.38. The largest absolute Gasteiger partial charge is 0.497 e. The molecular weight excluding hydrogens is 458 g/mol. The van der Waals surface area contributed by atoms with E-state index < -0.39 is 0 Å². The van der Waals surface area contributed by atoms with Gasteiger partial charge in [-0.05, 0) is 48.2 Å². The standard InChI is InChI=1S/C28H27N3O5/c1-32-21-12-19(13-22(14-21)33-2)15-29-24-11-7-6-10-23(24)25-16-30-28(36-25)31-27-18-34-17-26(35-27)20-8-4-3-5-9-20/h3-4,6-8,10-14,16-18,29H,5,9,15H2,1-2H3,(H,30,31). The number of benzene rings is 2. The molecule has 184 valence electrons. The van der Waals surface area contributed by atoms with Gasteiger partial charge in [0.2, 0.25) is 5.88 Å². The van der Waals surface area contributed by atoms with E-state index in [0.717, 1.165) is 46.7 Å². The molecule has 0 saturated carbocycles. The molecule has 1 aromatic heterocycles. The first-order chi connectivity index (χ1) is 17.7. The molecule has 0 radical (unpaired) electrons. The van der Waals surface area contributed by atoms with Gasteiger partial charge >= 0.3 is 6.01 Å². The SMILES string of the molecule is COc1cc(CNc2ccccc2-c2cnc(NC3=COC=C(C4=CC=CCC4)O3)o2)cc(OC)c1. The van der Waals surface area contributed by atoms with Crippen LogP contribution in [0.4, 0.5) is 11.7 Å². The van der Waals surface area contributed by atoms with Gasteiger partial charge < -0.3 is 28.7 Å². The van der Waals surface area contributed by atoms with Crippen LogP contribution in [0.15, 0.2) is 101 Å². The topological polar surface area (TPSA) is 87.0 Å². The van der Waals surface area contributed by atoms with Gasteiger partial charge in [-0.3, -0.25) is 5.32 Å². The Bertz CT molecular complexity index is 1330. The summed E-state index contributed by atoms with van der Waals surface area (Å²) in [7, 11) is 3.28. The molecule has 0 unspecified atom stereocenters. The second kappa shape index (κ2) is 10.8. The molecule has 0 atom stereocenters. The van der Waals surface area contributed by atoms with Gasteiger partial charge in [-0.1, -0.05) is 30.4 Å². The highest BCUT2D eigenvalue weighted by molar-refractivity contribution is 5.74. The van der Waals surface area contributed by atoms with Crippen molar-refractivity contribution in [2.75, 3.05) is 24.9 Å². The fraction of sp³-hybridized carbons (Fsp3) is 0.179. The van der Waals surface area contributed by atoms with Crippen LogP contribution in [0.3, 0.4) is 0 Å². The minimum Gasteiger partial charge on any atom is -0.497 e. The van der Waals surface area contributed by atoms with Crippen LogP contribution in [0.2, 0.25) is 0 Å². The average molecular weight is 486 g/mol. The molecule has 0 spiro atoms. The molecule has 36 heavy (non-hydrogen) atoms. The van der Waals surface area contributed by atoms with E-state index in [2.05, 4.69) is 21.7 Å². The van der Waals surface area contributed by atoms with E-state index in [4.69, 9.17) is 23.4 Å². The molecule has 2 N–H and O–H groups in total. The molecule has 0 fully saturated rings. The van der Waals surface area contributed by atoms with Crippen molar-refractivity contribution >= 4 is 11.7 Å². The molecule has 5 rings (SSSR count). The first kappa shape index (κ1) is 23.2. The van der Waals surface area contributed by atoms with Crippen molar-refractivity contribution in [3.63, 3.8) is 0 Å². The van der Waals surface area contributed by atoms with E-state index in [1.807, 2.05) is 54.6 Å². The van der Waals surface area contributed by atoms with Crippen molar-refractivity contribution in [2.45, 2.75) is 19.4 Å². The minimum atomic E-state index is 0.297. The summed E-state index contributed by atoms with van der Waals surface area (Å²) in [6, 6.07) is 14.0. The van der Waals surface area contributed by atoms with E-state index in [-0.39, 0.29) is 0 Å². The maximum Gasteiger partial charge on any atom is 0.302 e. The Morgan fingerprint density at radius 1 is 1.03 bits per heavy atom. The Hall–Kier alpha value is -4.59. The van der Waals surface area contributed by atoms with Crippen molar-refractivity contribution in [2.24, 2.45) is 0 Å². The number of para-hydroxylation sites is 1. The number of aromatic nitrogens is 1. The van der Waals surface area contributed by atoms with Crippen molar-refractivity contribution < 1.29 is 23.4 Å². The third-order valence-corrected chi connectivity index (χ3v) is 5.72. The van der Waals surface area contributed by atoms with E-state index in [0.29, 0.717) is 30.0 Å². The zero-order valence-corrected chi connectivity index (χ0v) is 20.1. The Labute approximate surface area is 209 Å². The molecule has 2 heterocycles. The van der Waals surface area contributed by atoms with Crippen molar-refractivity contribution in [1.82, 2.24) is 4.98 Å². The molecule has 1 aliphatic heterocycles. The fourth-order valence-electron chi connectivity index (χ4n) is 3.91. The van der Waals surface area contributed by atoms with Crippen molar-refractivity contribution in [3.05, 3.63) is 102 Å². The molecule has 2 aromatic carbocycles. The molecule has 0 amide bonds. The Morgan fingerprint density at radius 2 is 1.86 bits per heavy atom. The summed E-state index contributed by atoms with van der Waals surface area (Å²) < 4.78 is 28.2. The third-order valence-electron chi connectivity index (χ3n) is 5.72. The van der Waals surface area contributed by atoms with E-state index in [9.17, 15) is 0 Å². The highest BCUT2D eigenvalue weighted by Crippen LogP contribution is 2.32. The number of rotatable bonds is 9. The molecule has 1 aliphatic carbocycles. The number of hydrogen-bond donors (Lipinski definition) is 2. The summed E-state index contributed by atoms with van der Waals surface area (Å²) in [4.78, 5) is 4.37. The molecule has 0 saturated heterocycles. The van der Waals surface area contributed by atoms with Gasteiger partial charge in [0, 0.05) is 23.9 Å². The Kier molecular flexibility index (Phi) is 6.93. The minimum absolute atomic E-state index is 0.297. The highest BCUT2D eigenvalue weighted by atomic mass is 16.6. The summed E-state index contributed by atoms with van der Waals surface area (Å²) >= 11 is 0. The van der Waals surface area contributed by atoms with Crippen LogP contribution in [-0.4, -0.2) is 19.2 Å². The summed E-state index contributed by atoms with van der Waals surface area (Å²) in [5.74, 6) is 3.15. The second-order valence-electron chi connectivity index (χ2n) is 8.14. The van der Waals surface area contributed by atoms with Crippen LogP contribution in [0.25, 0.3) is 11.3 Å². The number of nitrogens with one attached hydrogen (secondary N) is 2. The zero-order chi connectivity index (χ0) is 24.7. The van der Waals surface area contributed by atoms with Gasteiger partial charge in [-0.15, -0.1) is 0 Å². The van der Waals surface area contributed by atoms with E-state index in [1.165, 1.54) is 6.26 Å². The first-order valence-electron chi connectivity index (χ1n) is 11.6. The van der Waals surface area contributed by atoms with Crippen molar-refractivity contribution in [1.29, 1.82) is 0 Å². The van der Waals surface area contributed by atoms with Gasteiger partial charge in [0.15, 0.2) is 17.8 Å². The van der Waals surface area contributed by atoms with Crippen LogP contribution in [0.1, 0.15) is 18.4 Å². The van der Waals surface area contributed by atoms with Crippen LogP contribution >= 0.6 is 0 Å². The lowest BCUT2D eigenvalue weighted by atomic mass is 10.0. The summed E-state index contributed by atoms with van der Waals surface area (Å²) in [5.41, 5.74) is 3.88. The smallest absolute Gasteiger partial charge is 0.302 e. The predicted octanol–water partition coefficient (Wildman–Crippen LogP) is 6.35. The summed E-state index contributed by atoms with van der Waals surface area (Å²) in [6.07, 6.45) is 12.8. The van der Waals surface area contributed by atoms with Crippen LogP contribution in [0.5, 0.6) is 11.5 Å². The molecule has 8 heteroatoms. The lowest BCUT2D eigenvalue weighted by molar-refractivity contribution is 0.232. The monoisotopic (exact) mass is 485 g/mol. The summed E-state index contributed by atoms with van der Waals surface area (Å²) in [6.45, 7) is 0.571. The maximum atomic E-state index is 6.00. The molecule has 3 aromatic rings. The number of ether oxygens (including phenoxy) is 4. The van der Waals surface area contributed by atoms with Gasteiger partial charge in [-0.25, -0.2) is 4.98 Å². The molecular formula is C28H27N3O5. The van der Waals surface area contributed by atoms with Gasteiger partial charge in [-0.2, -0.15) is 0 Å². The highest BCUT2D eigenvalue weighted by Gasteiger charge is 2.18. The predicted molar refractivity (Wildman–Crippen MR) is 137 cm³/mol. The van der Waals surface area contributed by atoms with Crippen LogP contribution in [-0.2, 0) is 16.0 Å². The fourth-order valence-corrected chi connectivity index (χ4v) is 3.91. The van der Waals surface area contributed by atoms with Gasteiger partial charge in [0.05, 0.1) is 20.4 Å². The molecule has 2 aliphatic rings. The molecule has 8 nitrogen and oxygen atoms in total. The second-order valence-corrected chi connectivity index (χ2v) is 8.14. The van der Waals surface area contributed by atoms with Gasteiger partial charge in [0.1, 0.15) is 17.8 Å². The maximum absolute atomic E-state index is 6.00. The molecule has 0 bridgehead atoms. The van der Waals surface area contributed by atoms with Crippen LogP contribution in [0, 0.1) is 0 Å². The van der Waals surface area contributed by atoms with Crippen LogP contribution < -0.4 is 20.1 Å². The summed E-state index contributed by atoms with van der Waals surface area (Å²) in [5, 5.41) is 6.51. The van der Waals surface area contributed by atoms with E-state index in [1.54, 1.807) is 26.7 Å². The number of allylic oxidation sites excluding steroid dienone is 4. The Morgan fingerprint density at radius 3 is 2.64 bits per heavy atom. The lowest BCUT2D eigenvalue weighted by Gasteiger charge is -2.19. The quantitative estimate of drug-likeness (QED) is 0.363. The van der Waals surface area contributed by atoms with Crippen molar-refractivity contribution in [3.8, 4) is 22.8 Å². The number of methoxy groups -OCH3 is 2. The van der Waals surface area contributed by atoms with Gasteiger partial charge in [0.25, 0.3) is 0 Å². The number of anilines is 2. The zero-order valence-electron chi connectivity index (χ0n) is 20.1. The average Bonchev–Trinajstić information content (AvgIpc) is 3.40. The van der Waals surface area contributed by atoms with E-state index >= 15 is 0 Å². The first-order valence-corrected chi connectivity index (χ1v) is 11.6. The number of nitrogens with zero attached hydrogens (tertiary/aromatic N) is 1. The number of oxazole rings is 1. The lowest BCUT2D eigenvalue weighted by Crippen LogP contribution is -2.10.